The summed E-state index contributed by atoms with van der Waals surface area (Å²) in [5.41, 5.74) is 3.87. The molecule has 0 bridgehead atoms. The number of hydrogen-bond donors (Lipinski definition) is 2. The molecule has 0 saturated heterocycles. The number of carbonyl (C=O) groups is 2. The molecule has 28 heavy (non-hydrogen) atoms. The third-order valence-electron chi connectivity index (χ3n) is 3.85. The molecule has 0 radical (unpaired) electrons. The van der Waals surface area contributed by atoms with Crippen LogP contribution in [0.1, 0.15) is 26.4 Å². The molecular formula is C19H14N4O5. The van der Waals surface area contributed by atoms with E-state index >= 15 is 0 Å². The molecule has 0 aliphatic heterocycles. The van der Waals surface area contributed by atoms with E-state index in [9.17, 15) is 19.7 Å². The summed E-state index contributed by atoms with van der Waals surface area (Å²) in [7, 11) is 0. The van der Waals surface area contributed by atoms with Gasteiger partial charge in [0.2, 0.25) is 0 Å². The molecule has 1 heterocycles. The van der Waals surface area contributed by atoms with Gasteiger partial charge in [-0.2, -0.15) is 5.10 Å². The van der Waals surface area contributed by atoms with Gasteiger partial charge in [0.1, 0.15) is 0 Å². The van der Waals surface area contributed by atoms with Crippen LogP contribution in [0.2, 0.25) is 0 Å². The average Bonchev–Trinajstić information content (AvgIpc) is 3.16. The standard InChI is InChI=1S/C19H14N4O5/c24-18(13-6-8-15(9-7-13)23(27)28)21-20-12-17-5-2-10-22(17)16-4-1-3-14(11-16)19(25)26/h1-12H,(H,21,24)(H,25,26)/b20-12-. The second-order valence-electron chi connectivity index (χ2n) is 5.66. The Morgan fingerprint density at radius 2 is 1.82 bits per heavy atom. The van der Waals surface area contributed by atoms with Crippen LogP contribution in [0.4, 0.5) is 5.69 Å². The van der Waals surface area contributed by atoms with Crippen molar-refractivity contribution in [1.29, 1.82) is 0 Å². The van der Waals surface area contributed by atoms with E-state index in [0.29, 0.717) is 11.4 Å². The van der Waals surface area contributed by atoms with Gasteiger partial charge in [-0.05, 0) is 42.5 Å². The minimum Gasteiger partial charge on any atom is -0.478 e. The van der Waals surface area contributed by atoms with Gasteiger partial charge in [0.15, 0.2) is 0 Å². The van der Waals surface area contributed by atoms with E-state index in [1.54, 1.807) is 35.0 Å². The lowest BCUT2D eigenvalue weighted by Crippen LogP contribution is -2.17. The van der Waals surface area contributed by atoms with Gasteiger partial charge in [-0.3, -0.25) is 14.9 Å². The molecule has 0 aliphatic rings. The van der Waals surface area contributed by atoms with Crippen LogP contribution in [0.3, 0.4) is 0 Å². The van der Waals surface area contributed by atoms with Gasteiger partial charge in [0, 0.05) is 29.6 Å². The zero-order valence-corrected chi connectivity index (χ0v) is 14.4. The van der Waals surface area contributed by atoms with Crippen LogP contribution < -0.4 is 5.43 Å². The first-order valence-corrected chi connectivity index (χ1v) is 8.04. The van der Waals surface area contributed by atoms with Crippen molar-refractivity contribution in [3.63, 3.8) is 0 Å². The lowest BCUT2D eigenvalue weighted by molar-refractivity contribution is -0.384. The Labute approximate surface area is 158 Å². The topological polar surface area (TPSA) is 127 Å². The summed E-state index contributed by atoms with van der Waals surface area (Å²) in [5.74, 6) is -1.54. The van der Waals surface area contributed by atoms with Crippen LogP contribution in [0.25, 0.3) is 5.69 Å². The molecular weight excluding hydrogens is 364 g/mol. The monoisotopic (exact) mass is 378 g/mol. The third-order valence-corrected chi connectivity index (χ3v) is 3.85. The minimum absolute atomic E-state index is 0.110. The van der Waals surface area contributed by atoms with Crippen LogP contribution in [0.5, 0.6) is 0 Å². The number of nitrogens with one attached hydrogen (secondary N) is 1. The maximum absolute atomic E-state index is 12.1. The first kappa shape index (κ1) is 18.5. The molecule has 0 saturated carbocycles. The van der Waals surface area contributed by atoms with Crippen molar-refractivity contribution < 1.29 is 19.6 Å². The summed E-state index contributed by atoms with van der Waals surface area (Å²) in [4.78, 5) is 33.3. The van der Waals surface area contributed by atoms with Crippen molar-refractivity contribution in [3.05, 3.63) is 93.8 Å². The number of amides is 1. The molecule has 2 aromatic carbocycles. The largest absolute Gasteiger partial charge is 0.478 e. The van der Waals surface area contributed by atoms with Crippen molar-refractivity contribution in [2.75, 3.05) is 0 Å². The Morgan fingerprint density at radius 1 is 1.07 bits per heavy atom. The van der Waals surface area contributed by atoms with Crippen LogP contribution in [0.15, 0.2) is 72.0 Å². The Kier molecular flexibility index (Phi) is 5.26. The Morgan fingerprint density at radius 3 is 2.50 bits per heavy atom. The smallest absolute Gasteiger partial charge is 0.335 e. The number of aromatic nitrogens is 1. The summed E-state index contributed by atoms with van der Waals surface area (Å²) in [5, 5.41) is 23.6. The number of rotatable bonds is 6. The minimum atomic E-state index is -1.03. The van der Waals surface area contributed by atoms with Crippen molar-refractivity contribution in [3.8, 4) is 5.69 Å². The number of carboxylic acid groups (broad SMARTS) is 1. The van der Waals surface area contributed by atoms with Gasteiger partial charge >= 0.3 is 5.97 Å². The van der Waals surface area contributed by atoms with Crippen molar-refractivity contribution >= 4 is 23.8 Å². The maximum Gasteiger partial charge on any atom is 0.335 e. The normalized spacial score (nSPS) is 10.7. The fourth-order valence-corrected chi connectivity index (χ4v) is 2.48. The van der Waals surface area contributed by atoms with Crippen molar-refractivity contribution in [2.24, 2.45) is 5.10 Å². The second-order valence-corrected chi connectivity index (χ2v) is 5.66. The SMILES string of the molecule is O=C(O)c1cccc(-n2cccc2/C=N\NC(=O)c2ccc([N+](=O)[O-])cc2)c1. The Bertz CT molecular complexity index is 1070. The van der Waals surface area contributed by atoms with Crippen LogP contribution in [-0.2, 0) is 0 Å². The molecule has 0 spiro atoms. The lowest BCUT2D eigenvalue weighted by atomic mass is 10.2. The molecule has 0 atom stereocenters. The summed E-state index contributed by atoms with van der Waals surface area (Å²) < 4.78 is 1.72. The van der Waals surface area contributed by atoms with Gasteiger partial charge in [0.25, 0.3) is 11.6 Å². The van der Waals surface area contributed by atoms with Gasteiger partial charge in [-0.25, -0.2) is 10.2 Å². The number of non-ortho nitro benzene ring substituents is 1. The van der Waals surface area contributed by atoms with Crippen molar-refractivity contribution in [2.45, 2.75) is 0 Å². The van der Waals surface area contributed by atoms with Crippen LogP contribution >= 0.6 is 0 Å². The predicted octanol–water partition coefficient (Wildman–Crippen LogP) is 2.85. The highest BCUT2D eigenvalue weighted by atomic mass is 16.6. The zero-order valence-electron chi connectivity index (χ0n) is 14.4. The zero-order chi connectivity index (χ0) is 20.1. The van der Waals surface area contributed by atoms with Gasteiger partial charge < -0.3 is 9.67 Å². The molecule has 2 N–H and O–H groups in total. The summed E-state index contributed by atoms with van der Waals surface area (Å²) in [6.07, 6.45) is 3.15. The molecule has 9 heteroatoms. The fourth-order valence-electron chi connectivity index (χ4n) is 2.48. The van der Waals surface area contributed by atoms with Crippen LogP contribution in [0, 0.1) is 10.1 Å². The first-order valence-electron chi connectivity index (χ1n) is 8.04. The molecule has 0 unspecified atom stereocenters. The van der Waals surface area contributed by atoms with E-state index < -0.39 is 16.8 Å². The summed E-state index contributed by atoms with van der Waals surface area (Å²) in [6.45, 7) is 0. The molecule has 9 nitrogen and oxygen atoms in total. The van der Waals surface area contributed by atoms with E-state index in [4.69, 9.17) is 5.11 Å². The summed E-state index contributed by atoms with van der Waals surface area (Å²) >= 11 is 0. The quantitative estimate of drug-likeness (QED) is 0.387. The fraction of sp³-hybridized carbons (Fsp3) is 0. The first-order chi connectivity index (χ1) is 13.5. The molecule has 1 amide bonds. The predicted molar refractivity (Wildman–Crippen MR) is 101 cm³/mol. The number of carboxylic acids is 1. The molecule has 3 rings (SSSR count). The van der Waals surface area contributed by atoms with Crippen LogP contribution in [-0.4, -0.2) is 32.7 Å². The van der Waals surface area contributed by atoms with E-state index in [-0.39, 0.29) is 16.8 Å². The number of nitro benzene ring substituents is 1. The molecule has 1 aromatic heterocycles. The van der Waals surface area contributed by atoms with Crippen molar-refractivity contribution in [1.82, 2.24) is 9.99 Å². The number of benzene rings is 2. The number of nitrogens with zero attached hydrogens (tertiary/aromatic N) is 3. The summed E-state index contributed by atoms with van der Waals surface area (Å²) in [6, 6.07) is 15.0. The van der Waals surface area contributed by atoms with Gasteiger partial charge in [-0.15, -0.1) is 0 Å². The third kappa shape index (κ3) is 4.10. The molecule has 140 valence electrons. The number of nitro groups is 1. The maximum atomic E-state index is 12.1. The van der Waals surface area contributed by atoms with E-state index in [2.05, 4.69) is 10.5 Å². The second kappa shape index (κ2) is 7.96. The highest BCUT2D eigenvalue weighted by Gasteiger charge is 2.09. The molecule has 0 aliphatic carbocycles. The van der Waals surface area contributed by atoms with Gasteiger partial charge in [-0.1, -0.05) is 6.07 Å². The van der Waals surface area contributed by atoms with E-state index in [0.717, 1.165) is 0 Å². The Balaban J connectivity index is 1.73. The molecule has 3 aromatic rings. The highest BCUT2D eigenvalue weighted by Crippen LogP contribution is 2.14. The lowest BCUT2D eigenvalue weighted by Gasteiger charge is -2.07. The van der Waals surface area contributed by atoms with E-state index in [1.165, 1.54) is 42.6 Å². The highest BCUT2D eigenvalue weighted by molar-refractivity contribution is 5.95. The number of carbonyl (C=O) groups excluding carboxylic acids is 1. The molecule has 0 fully saturated rings. The number of hydrogen-bond acceptors (Lipinski definition) is 5. The average molecular weight is 378 g/mol. The Hall–Kier alpha value is -4.27. The number of aromatic carboxylic acids is 1. The van der Waals surface area contributed by atoms with Gasteiger partial charge in [0.05, 0.1) is 22.4 Å². The number of hydrazone groups is 1. The van der Waals surface area contributed by atoms with E-state index in [1.807, 2.05) is 0 Å².